The number of fused-ring (bicyclic) bond motifs is 3. The molecule has 5 heterocycles. The number of aliphatic hydroxyl groups excluding tert-OH is 2. The summed E-state index contributed by atoms with van der Waals surface area (Å²) in [6.45, 7) is 15.1. The number of carbonyl (C=O) groups is 3. The van der Waals surface area contributed by atoms with Crippen LogP contribution in [-0.4, -0.2) is 150 Å². The third-order valence-electron chi connectivity index (χ3n) is 12.8. The summed E-state index contributed by atoms with van der Waals surface area (Å²) in [5.74, 6) is -6.38. The van der Waals surface area contributed by atoms with Crippen molar-refractivity contribution in [2.45, 2.75) is 178 Å². The van der Waals surface area contributed by atoms with Crippen LogP contribution in [0.2, 0.25) is 0 Å². The Balaban J connectivity index is 1.63. The van der Waals surface area contributed by atoms with E-state index in [1.165, 1.54) is 7.11 Å². The Kier molecular flexibility index (Phi) is 13.1. The summed E-state index contributed by atoms with van der Waals surface area (Å²) in [5, 5.41) is 35.2. The number of carbonyl (C=O) groups excluding carboxylic acids is 3. The van der Waals surface area contributed by atoms with Gasteiger partial charge in [0.1, 0.15) is 41.7 Å². The third kappa shape index (κ3) is 8.74. The van der Waals surface area contributed by atoms with Crippen molar-refractivity contribution >= 4 is 17.9 Å². The number of hydrogen-bond donors (Lipinski definition) is 3. The molecular formula is C39H65NO15. The summed E-state index contributed by atoms with van der Waals surface area (Å²) in [4.78, 5) is 43.4. The topological polar surface area (TPSA) is 198 Å². The quantitative estimate of drug-likeness (QED) is 0.344. The molecule has 0 aromatic rings. The lowest BCUT2D eigenvalue weighted by Crippen LogP contribution is -2.67. The molecule has 5 fully saturated rings. The first-order chi connectivity index (χ1) is 25.5. The lowest BCUT2D eigenvalue weighted by molar-refractivity contribution is -0.474. The zero-order valence-electron chi connectivity index (χ0n) is 34.5. The predicted octanol–water partition coefficient (Wildman–Crippen LogP) is 2.70. The van der Waals surface area contributed by atoms with Gasteiger partial charge in [0.15, 0.2) is 11.9 Å². The van der Waals surface area contributed by atoms with E-state index < -0.39 is 108 Å². The maximum absolute atomic E-state index is 14.5. The molecule has 18 atom stereocenters. The molecular weight excluding hydrogens is 722 g/mol. The number of rotatable bonds is 5. The Morgan fingerprint density at radius 3 is 2.25 bits per heavy atom. The molecule has 0 radical (unpaired) electrons. The van der Waals surface area contributed by atoms with Gasteiger partial charge < -0.3 is 62.9 Å². The summed E-state index contributed by atoms with van der Waals surface area (Å²) in [6.07, 6.45) is -9.06. The molecule has 3 N–H and O–H groups in total. The van der Waals surface area contributed by atoms with Gasteiger partial charge in [0.05, 0.1) is 49.0 Å². The fourth-order valence-electron chi connectivity index (χ4n) is 9.52. The van der Waals surface area contributed by atoms with Gasteiger partial charge in [0, 0.05) is 31.4 Å². The zero-order chi connectivity index (χ0) is 41.0. The molecule has 0 saturated carbocycles. The zero-order valence-corrected chi connectivity index (χ0v) is 34.5. The molecule has 5 aliphatic heterocycles. The molecule has 0 aromatic heterocycles. The number of nitrogens with zero attached hydrogens (tertiary/aromatic N) is 1. The number of hydrogen-bond acceptors (Lipinski definition) is 16. The highest BCUT2D eigenvalue weighted by molar-refractivity contribution is 5.84. The first-order valence-corrected chi connectivity index (χ1v) is 19.7. The van der Waals surface area contributed by atoms with E-state index in [4.69, 9.17) is 42.6 Å². The largest absolute Gasteiger partial charge is 0.509 e. The summed E-state index contributed by atoms with van der Waals surface area (Å²) < 4.78 is 55.4. The van der Waals surface area contributed by atoms with Crippen LogP contribution in [0.4, 0.5) is 4.79 Å². The predicted molar refractivity (Wildman–Crippen MR) is 193 cm³/mol. The molecule has 0 aliphatic carbocycles. The maximum atomic E-state index is 14.5. The Hall–Kier alpha value is -1.99. The van der Waals surface area contributed by atoms with Crippen molar-refractivity contribution in [1.29, 1.82) is 0 Å². The highest BCUT2D eigenvalue weighted by Crippen LogP contribution is 2.47. The summed E-state index contributed by atoms with van der Waals surface area (Å²) in [7, 11) is 5.16. The van der Waals surface area contributed by atoms with Crippen molar-refractivity contribution in [3.63, 3.8) is 0 Å². The second-order valence-corrected chi connectivity index (χ2v) is 17.6. The summed E-state index contributed by atoms with van der Waals surface area (Å²) >= 11 is 0. The molecule has 55 heavy (non-hydrogen) atoms. The van der Waals surface area contributed by atoms with E-state index in [0.29, 0.717) is 6.42 Å². The van der Waals surface area contributed by atoms with Crippen LogP contribution < -0.4 is 0 Å². The lowest BCUT2D eigenvalue weighted by atomic mass is 9.75. The van der Waals surface area contributed by atoms with E-state index in [-0.39, 0.29) is 50.2 Å². The molecule has 5 saturated heterocycles. The second-order valence-electron chi connectivity index (χ2n) is 17.6. The number of likely N-dealkylation sites (N-methyl/N-ethyl adjacent to an activating group) is 1. The van der Waals surface area contributed by atoms with Gasteiger partial charge >= 0.3 is 12.1 Å². The number of ketones is 1. The minimum absolute atomic E-state index is 0.0681. The van der Waals surface area contributed by atoms with Crippen LogP contribution in [0.25, 0.3) is 0 Å². The SMILES string of the molecule is CC[C@H]1OC(=O)[C@@H]2CO[C@]3(C[C@@](C)(OC)[C@@H](O)[C@H](C)O3)O[C@H]2[C@H](C)[C@@H](O[C@@H]2O[C@H](C)C[C@H](N(C)C)[C@H]2O)[C@](C)(O)C[C@@H](C)C(=O)[C@H](C)[C@@H]2C[C@]1(C)OC(=O)O2. The van der Waals surface area contributed by atoms with E-state index in [9.17, 15) is 29.7 Å². The second kappa shape index (κ2) is 16.3. The van der Waals surface area contributed by atoms with Crippen LogP contribution in [-0.2, 0) is 52.2 Å². The monoisotopic (exact) mass is 787 g/mol. The molecule has 0 unspecified atom stereocenters. The standard InChI is InChI=1S/C39H65NO15/c1-13-27-37(8)16-26(50-35(45)55-37)21(4)28(41)19(2)15-36(7,46)32(52-34-29(42)25(40(10)11)14-20(3)49-34)22(5)30-24(33(44)51-27)17-48-39(54-30)18-38(9,47-12)31(43)23(6)53-39/h19-27,29-32,34,42-43,46H,13-18H2,1-12H3/t19-,20-,21-,22+,23+,24-,25+,26+,27-,29-,30+,31+,32-,34+,36-,37+,38-,39+/m1/s1. The van der Waals surface area contributed by atoms with Crippen molar-refractivity contribution in [2.75, 3.05) is 27.8 Å². The van der Waals surface area contributed by atoms with Gasteiger partial charge in [-0.2, -0.15) is 0 Å². The fraction of sp³-hybridized carbons (Fsp3) is 0.923. The van der Waals surface area contributed by atoms with Gasteiger partial charge in [-0.05, 0) is 68.0 Å². The van der Waals surface area contributed by atoms with Gasteiger partial charge in [-0.3, -0.25) is 9.59 Å². The number of aliphatic hydroxyl groups is 3. The Labute approximate surface area is 324 Å². The van der Waals surface area contributed by atoms with Crippen LogP contribution >= 0.6 is 0 Å². The minimum Gasteiger partial charge on any atom is -0.458 e. The summed E-state index contributed by atoms with van der Waals surface area (Å²) in [6, 6.07) is -0.338. The van der Waals surface area contributed by atoms with E-state index in [0.717, 1.165) is 0 Å². The summed E-state index contributed by atoms with van der Waals surface area (Å²) in [5.41, 5.74) is -4.32. The van der Waals surface area contributed by atoms with Crippen LogP contribution in [0.3, 0.4) is 0 Å². The van der Waals surface area contributed by atoms with Gasteiger partial charge in [-0.15, -0.1) is 0 Å². The normalized spacial score (nSPS) is 50.3. The van der Waals surface area contributed by atoms with Crippen LogP contribution in [0.1, 0.15) is 94.4 Å². The molecule has 5 aliphatic rings. The van der Waals surface area contributed by atoms with E-state index >= 15 is 0 Å². The molecule has 316 valence electrons. The van der Waals surface area contributed by atoms with Gasteiger partial charge in [-0.25, -0.2) is 4.79 Å². The van der Waals surface area contributed by atoms with E-state index in [2.05, 4.69) is 0 Å². The molecule has 1 spiro atoms. The van der Waals surface area contributed by atoms with Crippen molar-refractivity contribution in [2.24, 2.45) is 23.7 Å². The van der Waals surface area contributed by atoms with E-state index in [1.54, 1.807) is 55.4 Å². The molecule has 2 bridgehead atoms. The first-order valence-electron chi connectivity index (χ1n) is 19.7. The fourth-order valence-corrected chi connectivity index (χ4v) is 9.52. The number of methoxy groups -OCH3 is 1. The smallest absolute Gasteiger partial charge is 0.458 e. The van der Waals surface area contributed by atoms with Gasteiger partial charge in [0.25, 0.3) is 5.97 Å². The third-order valence-corrected chi connectivity index (χ3v) is 12.8. The maximum Gasteiger partial charge on any atom is 0.509 e. The molecule has 16 nitrogen and oxygen atoms in total. The first kappa shape index (κ1) is 44.1. The van der Waals surface area contributed by atoms with Crippen LogP contribution in [0, 0.1) is 23.7 Å². The number of ether oxygens (including phenoxy) is 9. The Morgan fingerprint density at radius 2 is 1.64 bits per heavy atom. The average molecular weight is 788 g/mol. The van der Waals surface area contributed by atoms with Crippen molar-refractivity contribution in [3.8, 4) is 0 Å². The molecule has 5 rings (SSSR count). The van der Waals surface area contributed by atoms with Crippen LogP contribution in [0.5, 0.6) is 0 Å². The van der Waals surface area contributed by atoms with Crippen molar-refractivity contribution in [1.82, 2.24) is 4.90 Å². The molecule has 0 amide bonds. The number of esters is 1. The highest BCUT2D eigenvalue weighted by Gasteiger charge is 2.61. The Morgan fingerprint density at radius 1 is 0.964 bits per heavy atom. The van der Waals surface area contributed by atoms with Crippen LogP contribution in [0.15, 0.2) is 0 Å². The number of cyclic esters (lactones) is 1. The Bertz CT molecular complexity index is 1400. The van der Waals surface area contributed by atoms with Crippen molar-refractivity contribution < 1.29 is 72.3 Å². The van der Waals surface area contributed by atoms with Gasteiger partial charge in [-0.1, -0.05) is 27.7 Å². The molecule has 16 heteroatoms. The van der Waals surface area contributed by atoms with Crippen molar-refractivity contribution in [3.05, 3.63) is 0 Å². The number of Topliss-reactive ketones (excluding diaryl/α,β-unsaturated/α-hetero) is 1. The minimum atomic E-state index is -1.81. The molecule has 0 aromatic carbocycles. The van der Waals surface area contributed by atoms with Gasteiger partial charge in [0.2, 0.25) is 0 Å². The average Bonchev–Trinajstić information content (AvgIpc) is 3.10. The van der Waals surface area contributed by atoms with E-state index in [1.807, 2.05) is 25.9 Å². The lowest BCUT2D eigenvalue weighted by Gasteiger charge is -2.54. The highest BCUT2D eigenvalue weighted by atomic mass is 16.9.